The van der Waals surface area contributed by atoms with Crippen molar-refractivity contribution in [3.05, 3.63) is 0 Å². The molecule has 0 spiro atoms. The van der Waals surface area contributed by atoms with Crippen molar-refractivity contribution < 1.29 is 19.2 Å². The van der Waals surface area contributed by atoms with Crippen LogP contribution in [0.25, 0.3) is 0 Å². The molecule has 0 amide bonds. The Morgan fingerprint density at radius 3 is 2.17 bits per heavy atom. The maximum absolute atomic E-state index is 3.13. The van der Waals surface area contributed by atoms with Gasteiger partial charge in [0.15, 0.2) is 0 Å². The Morgan fingerprint density at radius 1 is 1.33 bits per heavy atom. The second kappa shape index (κ2) is 5.66. The summed E-state index contributed by atoms with van der Waals surface area (Å²) in [6, 6.07) is 0. The molecule has 0 bridgehead atoms. The van der Waals surface area contributed by atoms with Crippen LogP contribution in [0.1, 0.15) is 26.2 Å². The molecule has 0 aromatic rings. The zero-order chi connectivity index (χ0) is 4.83. The van der Waals surface area contributed by atoms with Crippen molar-refractivity contribution in [1.29, 1.82) is 0 Å². The van der Waals surface area contributed by atoms with E-state index in [-0.39, 0.29) is 0 Å². The zero-order valence-electron chi connectivity index (χ0n) is 4.14. The fraction of sp³-hybridized carbons (Fsp3) is 1.00. The van der Waals surface area contributed by atoms with Crippen LogP contribution in [-0.2, 0) is 19.2 Å². The Balaban J connectivity index is 2.34. The molecule has 0 unspecified atom stereocenters. The molecular weight excluding hydrogens is 166 g/mol. The Kier molecular flexibility index (Phi) is 6.29. The summed E-state index contributed by atoms with van der Waals surface area (Å²) in [5.41, 5.74) is 0. The quantitative estimate of drug-likeness (QED) is 0.458. The number of hydrogen-bond donors (Lipinski definition) is 0. The van der Waals surface area contributed by atoms with E-state index in [1.54, 1.807) is 0 Å². The van der Waals surface area contributed by atoms with Crippen LogP contribution >= 0.6 is 0 Å². The fourth-order valence-electron chi connectivity index (χ4n) is 0.329. The molecular formula is C5H11Pd. The molecule has 0 radical (unpaired) electrons. The van der Waals surface area contributed by atoms with Gasteiger partial charge in [0.1, 0.15) is 0 Å². The van der Waals surface area contributed by atoms with E-state index in [4.69, 9.17) is 0 Å². The van der Waals surface area contributed by atoms with Crippen molar-refractivity contribution >= 4 is 0 Å². The van der Waals surface area contributed by atoms with Crippen molar-refractivity contribution in [2.45, 2.75) is 31.1 Å². The van der Waals surface area contributed by atoms with Crippen molar-refractivity contribution in [2.24, 2.45) is 0 Å². The predicted octanol–water partition coefficient (Wildman–Crippen LogP) is 2.14. The Bertz CT molecular complexity index is 15.9. The first-order chi connectivity index (χ1) is 2.91. The summed E-state index contributed by atoms with van der Waals surface area (Å²) in [7, 11) is 0. The average Bonchev–Trinajstić information content (AvgIpc) is 1.61. The van der Waals surface area contributed by atoms with E-state index in [2.05, 4.69) is 26.1 Å². The van der Waals surface area contributed by atoms with E-state index in [0.29, 0.717) is 0 Å². The Labute approximate surface area is 50.7 Å². The standard InChI is InChI=1S/C5H11.Pd/c1-3-5-4-2;/h1,3-5H2,2H3;. The molecule has 0 aliphatic heterocycles. The predicted molar refractivity (Wildman–Crippen MR) is 24.3 cm³/mol. The van der Waals surface area contributed by atoms with Gasteiger partial charge in [-0.1, -0.05) is 0 Å². The van der Waals surface area contributed by atoms with Gasteiger partial charge in [0.2, 0.25) is 0 Å². The molecule has 0 fully saturated rings. The minimum absolute atomic E-state index is 1.20. The van der Waals surface area contributed by atoms with Gasteiger partial charge in [0, 0.05) is 0 Å². The van der Waals surface area contributed by atoms with Gasteiger partial charge in [-0.05, 0) is 0 Å². The van der Waals surface area contributed by atoms with Crippen LogP contribution in [0.3, 0.4) is 0 Å². The second-order valence-electron chi connectivity index (χ2n) is 1.37. The molecule has 0 N–H and O–H groups in total. The monoisotopic (exact) mass is 177 g/mol. The third-order valence-electron chi connectivity index (χ3n) is 0.715. The molecule has 0 aromatic heterocycles. The molecule has 0 saturated carbocycles. The zero-order valence-corrected chi connectivity index (χ0v) is 5.70. The normalized spacial score (nSPS) is 9.17. The van der Waals surface area contributed by atoms with Crippen LogP contribution in [0.5, 0.6) is 0 Å². The van der Waals surface area contributed by atoms with E-state index in [1.165, 1.54) is 24.2 Å². The summed E-state index contributed by atoms with van der Waals surface area (Å²) in [4.78, 5) is 1.20. The van der Waals surface area contributed by atoms with Crippen LogP contribution in [0.15, 0.2) is 0 Å². The molecule has 41 valence electrons. The summed E-state index contributed by atoms with van der Waals surface area (Å²) < 4.78 is 0. The summed E-state index contributed by atoms with van der Waals surface area (Å²) in [5, 5.41) is 0. The van der Waals surface area contributed by atoms with Gasteiger partial charge in [0.25, 0.3) is 0 Å². The molecule has 0 aromatic carbocycles. The molecule has 0 heterocycles. The number of hydrogen-bond acceptors (Lipinski definition) is 0. The molecule has 6 heavy (non-hydrogen) atoms. The molecule has 0 aliphatic carbocycles. The maximum atomic E-state index is 3.13. The van der Waals surface area contributed by atoms with Crippen molar-refractivity contribution in [3.8, 4) is 0 Å². The van der Waals surface area contributed by atoms with Gasteiger partial charge in [-0.2, -0.15) is 0 Å². The van der Waals surface area contributed by atoms with E-state index >= 15 is 0 Å². The van der Waals surface area contributed by atoms with Crippen LogP contribution in [0, 0.1) is 0 Å². The van der Waals surface area contributed by atoms with Gasteiger partial charge in [-0.15, -0.1) is 0 Å². The average molecular weight is 178 g/mol. The van der Waals surface area contributed by atoms with Crippen LogP contribution < -0.4 is 0 Å². The molecule has 0 rings (SSSR count). The van der Waals surface area contributed by atoms with Crippen LogP contribution in [-0.4, -0.2) is 0 Å². The minimum atomic E-state index is 1.20. The first-order valence-corrected chi connectivity index (χ1v) is 3.53. The number of unbranched alkanes of at least 4 members (excludes halogenated alkanes) is 2. The van der Waals surface area contributed by atoms with E-state index in [9.17, 15) is 0 Å². The molecule has 0 aliphatic rings. The topological polar surface area (TPSA) is 0 Å². The summed E-state index contributed by atoms with van der Waals surface area (Å²) in [5.74, 6) is 0. The first-order valence-electron chi connectivity index (χ1n) is 2.43. The van der Waals surface area contributed by atoms with E-state index in [0.717, 1.165) is 0 Å². The van der Waals surface area contributed by atoms with Gasteiger partial charge >= 0.3 is 50.3 Å². The molecule has 0 nitrogen and oxygen atoms in total. The van der Waals surface area contributed by atoms with Crippen LogP contribution in [0.4, 0.5) is 0 Å². The Morgan fingerprint density at radius 2 is 2.00 bits per heavy atom. The van der Waals surface area contributed by atoms with Crippen LogP contribution in [0.2, 0.25) is 4.89 Å². The SMILES string of the molecule is CCCC[CH2][Pd]. The molecule has 0 atom stereocenters. The molecule has 0 saturated heterocycles. The van der Waals surface area contributed by atoms with Crippen molar-refractivity contribution in [2.75, 3.05) is 0 Å². The molecule has 1 heteroatoms. The third-order valence-corrected chi connectivity index (χ3v) is 1.26. The summed E-state index contributed by atoms with van der Waals surface area (Å²) in [6.07, 6.45) is 4.05. The Hall–Kier alpha value is 0.662. The van der Waals surface area contributed by atoms with Gasteiger partial charge < -0.3 is 0 Å². The van der Waals surface area contributed by atoms with Gasteiger partial charge in [0.05, 0.1) is 0 Å². The van der Waals surface area contributed by atoms with E-state index in [1.807, 2.05) is 0 Å². The first kappa shape index (κ1) is 6.66. The third kappa shape index (κ3) is 4.66. The number of rotatable bonds is 3. The van der Waals surface area contributed by atoms with Crippen molar-refractivity contribution in [3.63, 3.8) is 0 Å². The van der Waals surface area contributed by atoms with Gasteiger partial charge in [-0.25, -0.2) is 0 Å². The second-order valence-corrected chi connectivity index (χ2v) is 2.14. The van der Waals surface area contributed by atoms with Gasteiger partial charge in [-0.3, -0.25) is 0 Å². The summed E-state index contributed by atoms with van der Waals surface area (Å²) in [6.45, 7) is 2.22. The van der Waals surface area contributed by atoms with Crippen molar-refractivity contribution in [1.82, 2.24) is 0 Å². The fourth-order valence-corrected chi connectivity index (χ4v) is 0.718. The van der Waals surface area contributed by atoms with E-state index < -0.39 is 0 Å². The summed E-state index contributed by atoms with van der Waals surface area (Å²) >= 11 is 3.13.